The van der Waals surface area contributed by atoms with Crippen molar-refractivity contribution in [3.8, 4) is 0 Å². The Morgan fingerprint density at radius 1 is 0.436 bits per heavy atom. The van der Waals surface area contributed by atoms with Crippen LogP contribution in [0.1, 0.15) is 13.8 Å². The SMILES string of the molecule is CC(=O)[O][Bi]([O]C(C)=O)([c]1ccc2ccccc2c1)([c]1ccc2ccccc2c1)[c]1ccc2ccccc2c1. The first-order valence-corrected chi connectivity index (χ1v) is 20.9. The monoisotopic (exact) mass is 708 g/mol. The van der Waals surface area contributed by atoms with Crippen molar-refractivity contribution >= 4 is 73.7 Å². The fourth-order valence-electron chi connectivity index (χ4n) is 5.56. The summed E-state index contributed by atoms with van der Waals surface area (Å²) in [6.07, 6.45) is 0. The summed E-state index contributed by atoms with van der Waals surface area (Å²) >= 11 is -6.10. The van der Waals surface area contributed by atoms with Gasteiger partial charge in [-0.15, -0.1) is 0 Å². The van der Waals surface area contributed by atoms with Gasteiger partial charge in [0.1, 0.15) is 0 Å². The van der Waals surface area contributed by atoms with E-state index in [1.807, 2.05) is 127 Å². The molecular formula is C34H27BiO4. The topological polar surface area (TPSA) is 52.6 Å². The summed E-state index contributed by atoms with van der Waals surface area (Å²) in [5.74, 6) is -1.00. The van der Waals surface area contributed by atoms with Crippen LogP contribution in [0.4, 0.5) is 0 Å². The van der Waals surface area contributed by atoms with Gasteiger partial charge < -0.3 is 0 Å². The molecule has 0 heterocycles. The zero-order valence-corrected chi connectivity index (χ0v) is 25.2. The van der Waals surface area contributed by atoms with Crippen LogP contribution in [0.5, 0.6) is 0 Å². The van der Waals surface area contributed by atoms with E-state index >= 15 is 0 Å². The second kappa shape index (κ2) is 9.59. The minimum absolute atomic E-state index is 0.501. The van der Waals surface area contributed by atoms with Crippen LogP contribution in [0.3, 0.4) is 0 Å². The molecule has 0 aliphatic carbocycles. The average Bonchev–Trinajstić information content (AvgIpc) is 2.95. The van der Waals surface area contributed by atoms with Gasteiger partial charge in [0.15, 0.2) is 0 Å². The fourth-order valence-corrected chi connectivity index (χ4v) is 23.8. The molecule has 0 aliphatic rings. The van der Waals surface area contributed by atoms with Crippen LogP contribution < -0.4 is 9.81 Å². The van der Waals surface area contributed by atoms with Crippen LogP contribution >= 0.6 is 0 Å². The van der Waals surface area contributed by atoms with E-state index in [0.29, 0.717) is 0 Å². The fraction of sp³-hybridized carbons (Fsp3) is 0.0588. The molecule has 39 heavy (non-hydrogen) atoms. The first-order valence-electron chi connectivity index (χ1n) is 12.8. The Bertz CT molecular complexity index is 1690. The van der Waals surface area contributed by atoms with Crippen LogP contribution in [0.2, 0.25) is 0 Å². The molecule has 0 atom stereocenters. The van der Waals surface area contributed by atoms with E-state index in [4.69, 9.17) is 5.63 Å². The molecule has 0 spiro atoms. The molecule has 0 amide bonds. The quantitative estimate of drug-likeness (QED) is 0.216. The third kappa shape index (κ3) is 4.09. The molecule has 4 nitrogen and oxygen atoms in total. The first kappa shape index (κ1) is 25.2. The van der Waals surface area contributed by atoms with Crippen molar-refractivity contribution in [2.45, 2.75) is 13.8 Å². The van der Waals surface area contributed by atoms with Gasteiger partial charge >= 0.3 is 230 Å². The number of hydrogen-bond donors (Lipinski definition) is 0. The third-order valence-electron chi connectivity index (χ3n) is 7.21. The number of carbonyl (C=O) groups excluding carboxylic acids is 2. The van der Waals surface area contributed by atoms with Crippen molar-refractivity contribution in [2.75, 3.05) is 0 Å². The van der Waals surface area contributed by atoms with Gasteiger partial charge in [0, 0.05) is 0 Å². The van der Waals surface area contributed by atoms with E-state index in [-0.39, 0.29) is 0 Å². The normalized spacial score (nSPS) is 12.6. The maximum atomic E-state index is 13.2. The van der Waals surface area contributed by atoms with Gasteiger partial charge in [0.25, 0.3) is 0 Å². The van der Waals surface area contributed by atoms with E-state index in [1.54, 1.807) is 0 Å². The van der Waals surface area contributed by atoms with Crippen molar-refractivity contribution in [1.82, 2.24) is 0 Å². The van der Waals surface area contributed by atoms with Gasteiger partial charge in [0.2, 0.25) is 0 Å². The van der Waals surface area contributed by atoms with Gasteiger partial charge in [-0.25, -0.2) is 0 Å². The molecule has 0 bridgehead atoms. The second-order valence-electron chi connectivity index (χ2n) is 9.72. The Hall–Kier alpha value is -4.08. The molecule has 192 valence electrons. The number of benzene rings is 6. The van der Waals surface area contributed by atoms with Gasteiger partial charge in [-0.3, -0.25) is 0 Å². The summed E-state index contributed by atoms with van der Waals surface area (Å²) in [4.78, 5) is 26.4. The molecule has 0 saturated heterocycles. The van der Waals surface area contributed by atoms with Crippen molar-refractivity contribution in [3.63, 3.8) is 0 Å². The zero-order valence-electron chi connectivity index (χ0n) is 21.7. The van der Waals surface area contributed by atoms with E-state index in [1.165, 1.54) is 13.8 Å². The number of hydrogen-bond acceptors (Lipinski definition) is 4. The maximum absolute atomic E-state index is 13.2. The summed E-state index contributed by atoms with van der Waals surface area (Å²) in [7, 11) is 0. The predicted octanol–water partition coefficient (Wildman–Crippen LogP) is 5.69. The molecule has 0 fully saturated rings. The predicted molar refractivity (Wildman–Crippen MR) is 160 cm³/mol. The van der Waals surface area contributed by atoms with E-state index in [0.717, 1.165) is 42.1 Å². The molecule has 0 N–H and O–H groups in total. The van der Waals surface area contributed by atoms with Gasteiger partial charge in [-0.2, -0.15) is 0 Å². The molecule has 0 aromatic heterocycles. The Labute approximate surface area is 229 Å². The van der Waals surface area contributed by atoms with Crippen LogP contribution in [-0.2, 0) is 15.2 Å². The summed E-state index contributed by atoms with van der Waals surface area (Å²) in [6, 6.07) is 42.0. The van der Waals surface area contributed by atoms with E-state index in [9.17, 15) is 9.59 Å². The van der Waals surface area contributed by atoms with Crippen molar-refractivity contribution in [3.05, 3.63) is 127 Å². The molecule has 5 heteroatoms. The molecule has 6 aromatic carbocycles. The standard InChI is InChI=1S/3C10H7.2C2H4O2.Bi/c3*1-2-6-10-8-4-3-7-9(10)5-1;2*1-2(3)4;/h3*1-3,5-8H;2*1H3,(H,3,4);/q;;;;;+2/p-2. The van der Waals surface area contributed by atoms with Gasteiger partial charge in [-0.1, -0.05) is 0 Å². The molecule has 0 radical (unpaired) electrons. The van der Waals surface area contributed by atoms with E-state index in [2.05, 4.69) is 0 Å². The summed E-state index contributed by atoms with van der Waals surface area (Å²) in [6.45, 7) is 2.78. The van der Waals surface area contributed by atoms with Gasteiger partial charge in [0.05, 0.1) is 0 Å². The Balaban J connectivity index is 1.84. The van der Waals surface area contributed by atoms with Crippen LogP contribution in [0, 0.1) is 0 Å². The zero-order chi connectivity index (χ0) is 27.1. The summed E-state index contributed by atoms with van der Waals surface area (Å²) in [5, 5.41) is 6.03. The van der Waals surface area contributed by atoms with Crippen LogP contribution in [0.25, 0.3) is 32.3 Å². The summed E-state index contributed by atoms with van der Waals surface area (Å²) < 4.78 is 15.5. The minimum atomic E-state index is -6.10. The van der Waals surface area contributed by atoms with Crippen LogP contribution in [-0.4, -0.2) is 31.6 Å². The molecular weight excluding hydrogens is 681 g/mol. The number of fused-ring (bicyclic) bond motifs is 3. The van der Waals surface area contributed by atoms with Crippen molar-refractivity contribution in [2.24, 2.45) is 0 Å². The molecule has 0 aliphatic heterocycles. The molecule has 0 unspecified atom stereocenters. The number of rotatable bonds is 5. The number of carbonyl (C=O) groups is 2. The molecule has 0 saturated carbocycles. The van der Waals surface area contributed by atoms with Crippen molar-refractivity contribution in [1.29, 1.82) is 0 Å². The molecule has 6 aromatic rings. The summed E-state index contributed by atoms with van der Waals surface area (Å²) in [5.41, 5.74) is 0. The van der Waals surface area contributed by atoms with Gasteiger partial charge in [-0.05, 0) is 0 Å². The van der Waals surface area contributed by atoms with E-state index < -0.39 is 31.6 Å². The van der Waals surface area contributed by atoms with Crippen molar-refractivity contribution < 1.29 is 15.2 Å². The second-order valence-corrected chi connectivity index (χ2v) is 24.6. The Kier molecular flexibility index (Phi) is 6.20. The Morgan fingerprint density at radius 2 is 0.718 bits per heavy atom. The molecule has 6 rings (SSSR count). The average molecular weight is 709 g/mol. The Morgan fingerprint density at radius 3 is 1.00 bits per heavy atom. The third-order valence-corrected chi connectivity index (χ3v) is 26.1. The van der Waals surface area contributed by atoms with Crippen LogP contribution in [0.15, 0.2) is 127 Å². The first-order chi connectivity index (χ1) is 18.9.